The van der Waals surface area contributed by atoms with Crippen molar-refractivity contribution < 1.29 is 9.21 Å². The molecular formula is C6H7ClN2O2. The largest absolute Gasteiger partial charge is 0.429 e. The lowest BCUT2D eigenvalue weighted by atomic mass is 10.6. The second kappa shape index (κ2) is 3.39. The van der Waals surface area contributed by atoms with Gasteiger partial charge in [-0.25, -0.2) is 4.98 Å². The number of hydrogen-bond donors (Lipinski definition) is 1. The molecule has 0 spiro atoms. The third-order valence-corrected chi connectivity index (χ3v) is 1.23. The maximum absolute atomic E-state index is 10.6. The monoisotopic (exact) mass is 174 g/mol. The number of oxazole rings is 1. The van der Waals surface area contributed by atoms with E-state index >= 15 is 0 Å². The average molecular weight is 175 g/mol. The first-order chi connectivity index (χ1) is 5.22. The van der Waals surface area contributed by atoms with Gasteiger partial charge in [-0.3, -0.25) is 10.1 Å². The summed E-state index contributed by atoms with van der Waals surface area (Å²) < 4.78 is 4.95. The Bertz CT molecular complexity index is 259. The molecule has 1 heterocycles. The molecule has 1 aromatic heterocycles. The number of nitrogens with zero attached hydrogens (tertiary/aromatic N) is 1. The van der Waals surface area contributed by atoms with Gasteiger partial charge in [0.2, 0.25) is 5.91 Å². The average Bonchev–Trinajstić information content (AvgIpc) is 2.35. The quantitative estimate of drug-likeness (QED) is 0.685. The Morgan fingerprint density at radius 3 is 3.09 bits per heavy atom. The zero-order chi connectivity index (χ0) is 8.27. The highest BCUT2D eigenvalue weighted by Gasteiger charge is 2.03. The maximum atomic E-state index is 10.6. The highest BCUT2D eigenvalue weighted by molar-refractivity contribution is 6.28. The lowest BCUT2D eigenvalue weighted by molar-refractivity contribution is -0.114. The molecule has 1 aromatic rings. The lowest BCUT2D eigenvalue weighted by Crippen LogP contribution is -2.12. The van der Waals surface area contributed by atoms with Gasteiger partial charge in [-0.15, -0.1) is 11.6 Å². The van der Waals surface area contributed by atoms with Crippen molar-refractivity contribution >= 4 is 23.5 Å². The molecule has 1 rings (SSSR count). The van der Waals surface area contributed by atoms with Gasteiger partial charge in [-0.05, 0) is 6.92 Å². The van der Waals surface area contributed by atoms with Gasteiger partial charge >= 0.3 is 6.01 Å². The summed E-state index contributed by atoms with van der Waals surface area (Å²) in [5, 5.41) is 2.36. The zero-order valence-corrected chi connectivity index (χ0v) is 6.68. The van der Waals surface area contributed by atoms with Crippen LogP contribution in [-0.2, 0) is 4.79 Å². The molecule has 0 unspecified atom stereocenters. The molecule has 0 aliphatic heterocycles. The van der Waals surface area contributed by atoms with Crippen LogP contribution in [0.2, 0.25) is 0 Å². The van der Waals surface area contributed by atoms with Gasteiger partial charge in [0.05, 0.1) is 6.20 Å². The van der Waals surface area contributed by atoms with Gasteiger partial charge in [0.15, 0.2) is 0 Å². The van der Waals surface area contributed by atoms with E-state index in [0.717, 1.165) is 0 Å². The molecule has 5 heteroatoms. The molecule has 0 atom stereocenters. The van der Waals surface area contributed by atoms with Crippen LogP contribution in [0.4, 0.5) is 6.01 Å². The van der Waals surface area contributed by atoms with Gasteiger partial charge in [0, 0.05) is 0 Å². The molecule has 0 fully saturated rings. The van der Waals surface area contributed by atoms with E-state index in [1.54, 1.807) is 6.92 Å². The Kier molecular flexibility index (Phi) is 2.48. The Labute approximate surface area is 68.6 Å². The normalized spacial score (nSPS) is 9.64. The van der Waals surface area contributed by atoms with Gasteiger partial charge in [-0.2, -0.15) is 0 Å². The van der Waals surface area contributed by atoms with Crippen molar-refractivity contribution in [3.05, 3.63) is 12.0 Å². The van der Waals surface area contributed by atoms with Crippen molar-refractivity contribution in [1.29, 1.82) is 0 Å². The first-order valence-electron chi connectivity index (χ1n) is 3.00. The number of rotatable bonds is 2. The van der Waals surface area contributed by atoms with Crippen LogP contribution in [0.15, 0.2) is 10.6 Å². The van der Waals surface area contributed by atoms with Crippen LogP contribution in [0.1, 0.15) is 5.76 Å². The fourth-order valence-corrected chi connectivity index (χ4v) is 0.632. The van der Waals surface area contributed by atoms with Gasteiger partial charge in [-0.1, -0.05) is 0 Å². The van der Waals surface area contributed by atoms with Gasteiger partial charge in [0.25, 0.3) is 0 Å². The topological polar surface area (TPSA) is 55.1 Å². The van der Waals surface area contributed by atoms with Crippen molar-refractivity contribution in [1.82, 2.24) is 4.98 Å². The number of aryl methyl sites for hydroxylation is 1. The number of carbonyl (C=O) groups is 1. The molecule has 0 bridgehead atoms. The number of aromatic nitrogens is 1. The summed E-state index contributed by atoms with van der Waals surface area (Å²) in [6, 6.07) is 0.188. The van der Waals surface area contributed by atoms with E-state index in [9.17, 15) is 4.79 Å². The summed E-state index contributed by atoms with van der Waals surface area (Å²) in [7, 11) is 0. The summed E-state index contributed by atoms with van der Waals surface area (Å²) in [4.78, 5) is 14.4. The number of anilines is 1. The number of nitrogens with one attached hydrogen (secondary N) is 1. The molecule has 11 heavy (non-hydrogen) atoms. The second-order valence-electron chi connectivity index (χ2n) is 1.96. The van der Waals surface area contributed by atoms with E-state index in [-0.39, 0.29) is 17.8 Å². The van der Waals surface area contributed by atoms with E-state index in [2.05, 4.69) is 10.3 Å². The summed E-state index contributed by atoms with van der Waals surface area (Å²) in [5.41, 5.74) is 0. The Hall–Kier alpha value is -1.03. The third-order valence-electron chi connectivity index (χ3n) is 0.989. The van der Waals surface area contributed by atoms with Crippen molar-refractivity contribution in [3.8, 4) is 0 Å². The van der Waals surface area contributed by atoms with Gasteiger partial charge in [0.1, 0.15) is 11.6 Å². The van der Waals surface area contributed by atoms with Crippen molar-refractivity contribution in [3.63, 3.8) is 0 Å². The number of hydrogen-bond acceptors (Lipinski definition) is 3. The van der Waals surface area contributed by atoms with E-state index < -0.39 is 0 Å². The predicted octanol–water partition coefficient (Wildman–Crippen LogP) is 1.16. The Balaban J connectivity index is 2.57. The Morgan fingerprint density at radius 1 is 1.91 bits per heavy atom. The summed E-state index contributed by atoms with van der Waals surface area (Å²) in [6.07, 6.45) is 1.52. The smallest absolute Gasteiger partial charge is 0.301 e. The minimum atomic E-state index is -0.325. The van der Waals surface area contributed by atoms with Crippen LogP contribution >= 0.6 is 11.6 Å². The summed E-state index contributed by atoms with van der Waals surface area (Å²) in [5.74, 6) is 0.227. The molecule has 1 amide bonds. The van der Waals surface area contributed by atoms with Crippen LogP contribution in [0, 0.1) is 6.92 Å². The molecule has 0 aliphatic carbocycles. The predicted molar refractivity (Wildman–Crippen MR) is 40.6 cm³/mol. The van der Waals surface area contributed by atoms with Crippen molar-refractivity contribution in [2.75, 3.05) is 11.2 Å². The zero-order valence-electron chi connectivity index (χ0n) is 5.93. The molecule has 60 valence electrons. The fourth-order valence-electron chi connectivity index (χ4n) is 0.565. The van der Waals surface area contributed by atoms with Crippen LogP contribution in [-0.4, -0.2) is 16.8 Å². The lowest BCUT2D eigenvalue weighted by Gasteiger charge is -1.93. The molecule has 1 N–H and O–H groups in total. The van der Waals surface area contributed by atoms with E-state index in [0.29, 0.717) is 5.76 Å². The first-order valence-corrected chi connectivity index (χ1v) is 3.54. The second-order valence-corrected chi connectivity index (χ2v) is 2.23. The fraction of sp³-hybridized carbons (Fsp3) is 0.333. The van der Waals surface area contributed by atoms with Crippen LogP contribution in [0.5, 0.6) is 0 Å². The minimum Gasteiger partial charge on any atom is -0.429 e. The first kappa shape index (κ1) is 8.07. The summed E-state index contributed by atoms with van der Waals surface area (Å²) in [6.45, 7) is 1.74. The highest BCUT2D eigenvalue weighted by atomic mass is 35.5. The van der Waals surface area contributed by atoms with Crippen LogP contribution in [0.25, 0.3) is 0 Å². The summed E-state index contributed by atoms with van der Waals surface area (Å²) >= 11 is 5.23. The van der Waals surface area contributed by atoms with Gasteiger partial charge < -0.3 is 4.42 Å². The standard InChI is InChI=1S/C6H7ClN2O2/c1-4-3-8-6(11-4)9-5(10)2-7/h3H,2H2,1H3,(H,8,9,10). The molecule has 0 saturated heterocycles. The third kappa shape index (κ3) is 2.23. The number of halogens is 1. The highest BCUT2D eigenvalue weighted by Crippen LogP contribution is 2.06. The maximum Gasteiger partial charge on any atom is 0.301 e. The van der Waals surface area contributed by atoms with E-state index in [1.165, 1.54) is 6.20 Å². The minimum absolute atomic E-state index is 0.0958. The SMILES string of the molecule is Cc1cnc(NC(=O)CCl)o1. The molecule has 0 aromatic carbocycles. The number of carbonyl (C=O) groups excluding carboxylic acids is 1. The van der Waals surface area contributed by atoms with E-state index in [1.807, 2.05) is 0 Å². The number of amides is 1. The van der Waals surface area contributed by atoms with Crippen LogP contribution in [0.3, 0.4) is 0 Å². The molecule has 0 radical (unpaired) electrons. The van der Waals surface area contributed by atoms with E-state index in [4.69, 9.17) is 16.0 Å². The van der Waals surface area contributed by atoms with Crippen molar-refractivity contribution in [2.45, 2.75) is 6.92 Å². The molecule has 0 saturated carbocycles. The molecular weight excluding hydrogens is 168 g/mol. The molecule has 4 nitrogen and oxygen atoms in total. The number of alkyl halides is 1. The Morgan fingerprint density at radius 2 is 2.64 bits per heavy atom. The van der Waals surface area contributed by atoms with Crippen molar-refractivity contribution in [2.24, 2.45) is 0 Å². The molecule has 0 aliphatic rings. The van der Waals surface area contributed by atoms with Crippen LogP contribution < -0.4 is 5.32 Å².